The minimum atomic E-state index is 0.673. The molecule has 0 aliphatic carbocycles. The second-order valence-corrected chi connectivity index (χ2v) is 6.03. The maximum absolute atomic E-state index is 5.59. The Labute approximate surface area is 141 Å². The van der Waals surface area contributed by atoms with Gasteiger partial charge in [0.05, 0.1) is 13.2 Å². The highest BCUT2D eigenvalue weighted by Gasteiger charge is 2.00. The van der Waals surface area contributed by atoms with Crippen LogP contribution in [0.1, 0.15) is 38.3 Å². The Bertz CT molecular complexity index is 460. The summed E-state index contributed by atoms with van der Waals surface area (Å²) in [6, 6.07) is 2.07. The Hall–Kier alpha value is -1.62. The predicted octanol–water partition coefficient (Wildman–Crippen LogP) is 2.55. The van der Waals surface area contributed by atoms with Crippen LogP contribution in [0, 0.1) is 12.8 Å². The van der Waals surface area contributed by atoms with Crippen molar-refractivity contribution in [2.75, 3.05) is 32.8 Å². The summed E-state index contributed by atoms with van der Waals surface area (Å²) in [5.41, 5.74) is 2.55. The molecule has 2 N–H and O–H groups in total. The molecule has 0 amide bonds. The Balaban J connectivity index is 2.28. The lowest BCUT2D eigenvalue weighted by Gasteiger charge is -2.12. The molecule has 0 spiro atoms. The molecule has 23 heavy (non-hydrogen) atoms. The number of guanidine groups is 1. The van der Waals surface area contributed by atoms with Gasteiger partial charge >= 0.3 is 0 Å². The molecule has 0 bridgehead atoms. The summed E-state index contributed by atoms with van der Waals surface area (Å²) in [4.78, 5) is 8.66. The van der Waals surface area contributed by atoms with Crippen molar-refractivity contribution in [1.29, 1.82) is 0 Å². The standard InChI is InChI=1S/C18H32N4O/c1-5-20-18(22-11-13-23-12-8-15(2)3)21-10-7-17-6-9-19-14-16(17)4/h6,9,14-15H,5,7-8,10-13H2,1-4H3,(H2,20,21,22). The Morgan fingerprint density at radius 3 is 2.83 bits per heavy atom. The van der Waals surface area contributed by atoms with Crippen molar-refractivity contribution in [2.45, 2.75) is 40.5 Å². The first-order valence-electron chi connectivity index (χ1n) is 8.62. The average Bonchev–Trinajstić information content (AvgIpc) is 2.52. The largest absolute Gasteiger partial charge is 0.380 e. The van der Waals surface area contributed by atoms with Crippen LogP contribution in [-0.4, -0.2) is 43.8 Å². The van der Waals surface area contributed by atoms with Crippen molar-refractivity contribution >= 4 is 5.96 Å². The van der Waals surface area contributed by atoms with E-state index in [9.17, 15) is 0 Å². The summed E-state index contributed by atoms with van der Waals surface area (Å²) in [7, 11) is 0. The third-order valence-corrected chi connectivity index (χ3v) is 3.51. The van der Waals surface area contributed by atoms with Gasteiger partial charge in [0.15, 0.2) is 5.96 Å². The van der Waals surface area contributed by atoms with Crippen molar-refractivity contribution in [1.82, 2.24) is 15.6 Å². The molecule has 1 heterocycles. The SMILES string of the molecule is CCNC(=NCCOCCC(C)C)NCCc1ccncc1C. The second-order valence-electron chi connectivity index (χ2n) is 6.03. The summed E-state index contributed by atoms with van der Waals surface area (Å²) in [5.74, 6) is 1.54. The number of aryl methyl sites for hydroxylation is 1. The van der Waals surface area contributed by atoms with Gasteiger partial charge in [0.25, 0.3) is 0 Å². The van der Waals surface area contributed by atoms with E-state index in [2.05, 4.69) is 54.4 Å². The number of rotatable bonds is 10. The monoisotopic (exact) mass is 320 g/mol. The first kappa shape index (κ1) is 19.4. The number of nitrogens with one attached hydrogen (secondary N) is 2. The molecule has 0 fully saturated rings. The van der Waals surface area contributed by atoms with E-state index in [1.54, 1.807) is 0 Å². The van der Waals surface area contributed by atoms with Crippen LogP contribution in [0.5, 0.6) is 0 Å². The summed E-state index contributed by atoms with van der Waals surface area (Å²) in [5, 5.41) is 6.63. The van der Waals surface area contributed by atoms with Crippen LogP contribution >= 0.6 is 0 Å². The van der Waals surface area contributed by atoms with Crippen LogP contribution in [0.2, 0.25) is 0 Å². The minimum absolute atomic E-state index is 0.673. The molecular weight excluding hydrogens is 288 g/mol. The number of hydrogen-bond acceptors (Lipinski definition) is 3. The topological polar surface area (TPSA) is 58.5 Å². The molecule has 1 aromatic heterocycles. The molecular formula is C18H32N4O. The summed E-state index contributed by atoms with van der Waals surface area (Å²) < 4.78 is 5.59. The molecule has 0 saturated heterocycles. The molecule has 1 rings (SSSR count). The molecule has 0 saturated carbocycles. The molecule has 5 heteroatoms. The molecule has 0 unspecified atom stereocenters. The van der Waals surface area contributed by atoms with Gasteiger partial charge in [-0.25, -0.2) is 0 Å². The van der Waals surface area contributed by atoms with E-state index in [-0.39, 0.29) is 0 Å². The normalized spacial score (nSPS) is 11.8. The second kappa shape index (κ2) is 11.9. The Morgan fingerprint density at radius 2 is 2.13 bits per heavy atom. The van der Waals surface area contributed by atoms with Crippen LogP contribution in [0.15, 0.2) is 23.5 Å². The first-order chi connectivity index (χ1) is 11.1. The highest BCUT2D eigenvalue weighted by atomic mass is 16.5. The van der Waals surface area contributed by atoms with Crippen LogP contribution in [0.25, 0.3) is 0 Å². The first-order valence-corrected chi connectivity index (χ1v) is 8.62. The molecule has 1 aromatic rings. The summed E-state index contributed by atoms with van der Waals surface area (Å²) in [6.07, 6.45) is 5.82. The van der Waals surface area contributed by atoms with Gasteiger partial charge < -0.3 is 15.4 Å². The van der Waals surface area contributed by atoms with E-state index in [4.69, 9.17) is 4.74 Å². The zero-order chi connectivity index (χ0) is 16.9. The van der Waals surface area contributed by atoms with Gasteiger partial charge in [0.1, 0.15) is 0 Å². The van der Waals surface area contributed by atoms with E-state index in [0.29, 0.717) is 19.1 Å². The number of pyridine rings is 1. The van der Waals surface area contributed by atoms with Crippen molar-refractivity contribution in [3.05, 3.63) is 29.6 Å². The highest BCUT2D eigenvalue weighted by Crippen LogP contribution is 2.04. The van der Waals surface area contributed by atoms with E-state index in [1.807, 2.05) is 12.4 Å². The lowest BCUT2D eigenvalue weighted by molar-refractivity contribution is 0.130. The lowest BCUT2D eigenvalue weighted by atomic mass is 10.1. The van der Waals surface area contributed by atoms with E-state index >= 15 is 0 Å². The third-order valence-electron chi connectivity index (χ3n) is 3.51. The van der Waals surface area contributed by atoms with Crippen LogP contribution in [-0.2, 0) is 11.2 Å². The zero-order valence-electron chi connectivity index (χ0n) is 15.1. The predicted molar refractivity (Wildman–Crippen MR) is 96.9 cm³/mol. The fourth-order valence-electron chi connectivity index (χ4n) is 2.08. The smallest absolute Gasteiger partial charge is 0.191 e. The van der Waals surface area contributed by atoms with Crippen molar-refractivity contribution in [3.8, 4) is 0 Å². The number of aromatic nitrogens is 1. The number of hydrogen-bond donors (Lipinski definition) is 2. The third kappa shape index (κ3) is 9.18. The van der Waals surface area contributed by atoms with Crippen LogP contribution in [0.4, 0.5) is 0 Å². The van der Waals surface area contributed by atoms with Crippen molar-refractivity contribution in [2.24, 2.45) is 10.9 Å². The molecule has 0 aliphatic rings. The number of nitrogens with zero attached hydrogens (tertiary/aromatic N) is 2. The molecule has 0 radical (unpaired) electrons. The molecule has 0 aromatic carbocycles. The lowest BCUT2D eigenvalue weighted by Crippen LogP contribution is -2.38. The Kier molecular flexibility index (Phi) is 10.0. The molecule has 130 valence electrons. The average molecular weight is 320 g/mol. The van der Waals surface area contributed by atoms with E-state index < -0.39 is 0 Å². The maximum Gasteiger partial charge on any atom is 0.191 e. The number of aliphatic imine (C=N–C) groups is 1. The van der Waals surface area contributed by atoms with Gasteiger partial charge in [-0.2, -0.15) is 0 Å². The van der Waals surface area contributed by atoms with E-state index in [0.717, 1.165) is 38.5 Å². The highest BCUT2D eigenvalue weighted by molar-refractivity contribution is 5.79. The van der Waals surface area contributed by atoms with Crippen LogP contribution in [0.3, 0.4) is 0 Å². The molecule has 0 aliphatic heterocycles. The number of ether oxygens (including phenoxy) is 1. The van der Waals surface area contributed by atoms with Gasteiger partial charge in [-0.1, -0.05) is 13.8 Å². The van der Waals surface area contributed by atoms with Gasteiger partial charge in [-0.3, -0.25) is 9.98 Å². The van der Waals surface area contributed by atoms with Gasteiger partial charge in [-0.15, -0.1) is 0 Å². The minimum Gasteiger partial charge on any atom is -0.380 e. The van der Waals surface area contributed by atoms with Crippen molar-refractivity contribution < 1.29 is 4.74 Å². The van der Waals surface area contributed by atoms with Gasteiger partial charge in [0, 0.05) is 32.1 Å². The van der Waals surface area contributed by atoms with Crippen molar-refractivity contribution in [3.63, 3.8) is 0 Å². The Morgan fingerprint density at radius 1 is 1.30 bits per heavy atom. The molecule has 5 nitrogen and oxygen atoms in total. The zero-order valence-corrected chi connectivity index (χ0v) is 15.1. The molecule has 0 atom stereocenters. The van der Waals surface area contributed by atoms with E-state index in [1.165, 1.54) is 11.1 Å². The van der Waals surface area contributed by atoms with Gasteiger partial charge in [0.2, 0.25) is 0 Å². The fraction of sp³-hybridized carbons (Fsp3) is 0.667. The maximum atomic E-state index is 5.59. The fourth-order valence-corrected chi connectivity index (χ4v) is 2.08. The van der Waals surface area contributed by atoms with Gasteiger partial charge in [-0.05, 0) is 49.8 Å². The summed E-state index contributed by atoms with van der Waals surface area (Å²) >= 11 is 0. The summed E-state index contributed by atoms with van der Waals surface area (Å²) in [6.45, 7) is 12.5. The quantitative estimate of drug-likeness (QED) is 0.395. The van der Waals surface area contributed by atoms with Crippen LogP contribution < -0.4 is 10.6 Å².